The van der Waals surface area contributed by atoms with E-state index in [1.807, 2.05) is 30.3 Å². The van der Waals surface area contributed by atoms with E-state index in [4.69, 9.17) is 37.1 Å². The van der Waals surface area contributed by atoms with Crippen LogP contribution >= 0.6 is 23.2 Å². The number of hydrazone groups is 1. The monoisotopic (exact) mass is 715 g/mol. The number of hydrogen-bond acceptors (Lipinski definition) is 9. The summed E-state index contributed by atoms with van der Waals surface area (Å²) in [5.74, 6) is -1.44. The molecule has 4 aromatic rings. The highest BCUT2D eigenvalue weighted by Crippen LogP contribution is 2.31. The molecule has 3 N–H and O–H groups in total. The van der Waals surface area contributed by atoms with Crippen LogP contribution in [0.25, 0.3) is 0 Å². The normalized spacial score (nSPS) is 11.4. The van der Waals surface area contributed by atoms with Gasteiger partial charge in [0.15, 0.2) is 11.5 Å². The first-order valence-electron chi connectivity index (χ1n) is 14.2. The van der Waals surface area contributed by atoms with Crippen LogP contribution in [0.5, 0.6) is 11.5 Å². The molecular formula is C32H31Cl2N5O8S. The van der Waals surface area contributed by atoms with Gasteiger partial charge in [-0.15, -0.1) is 0 Å². The number of rotatable bonds is 14. The topological polar surface area (TPSA) is 169 Å². The molecule has 48 heavy (non-hydrogen) atoms. The van der Waals surface area contributed by atoms with Crippen molar-refractivity contribution in [2.24, 2.45) is 5.10 Å². The first kappa shape index (κ1) is 36.0. The summed E-state index contributed by atoms with van der Waals surface area (Å²) in [5.41, 5.74) is 3.49. The second-order valence-electron chi connectivity index (χ2n) is 9.95. The highest BCUT2D eigenvalue weighted by Gasteiger charge is 2.28. The van der Waals surface area contributed by atoms with Gasteiger partial charge in [-0.3, -0.25) is 14.4 Å². The lowest BCUT2D eigenvalue weighted by Gasteiger charge is -2.22. The molecule has 0 aliphatic heterocycles. The van der Waals surface area contributed by atoms with Crippen LogP contribution in [0.2, 0.25) is 10.0 Å². The third kappa shape index (κ3) is 9.81. The zero-order valence-corrected chi connectivity index (χ0v) is 28.1. The number of furan rings is 1. The van der Waals surface area contributed by atoms with Gasteiger partial charge >= 0.3 is 11.8 Å². The van der Waals surface area contributed by atoms with Crippen LogP contribution in [0.4, 0.5) is 5.69 Å². The first-order chi connectivity index (χ1) is 23.0. The summed E-state index contributed by atoms with van der Waals surface area (Å²) in [5, 5.41) is 9.22. The van der Waals surface area contributed by atoms with E-state index in [0.717, 1.165) is 9.87 Å². The number of amides is 3. The fourth-order valence-electron chi connectivity index (χ4n) is 4.24. The summed E-state index contributed by atoms with van der Waals surface area (Å²) in [7, 11) is -1.32. The van der Waals surface area contributed by atoms with Gasteiger partial charge in [0.2, 0.25) is 10.0 Å². The van der Waals surface area contributed by atoms with Crippen LogP contribution in [-0.2, 0) is 37.4 Å². The summed E-state index contributed by atoms with van der Waals surface area (Å²) < 4.78 is 44.4. The second-order valence-corrected chi connectivity index (χ2v) is 12.7. The number of sulfonamides is 1. The maximum atomic E-state index is 13.7. The molecular weight excluding hydrogens is 685 g/mol. The summed E-state index contributed by atoms with van der Waals surface area (Å²) >= 11 is 11.8. The average molecular weight is 717 g/mol. The van der Waals surface area contributed by atoms with E-state index in [2.05, 4.69) is 21.2 Å². The van der Waals surface area contributed by atoms with E-state index in [1.54, 1.807) is 6.07 Å². The number of halogens is 2. The minimum atomic E-state index is -4.15. The number of nitrogens with one attached hydrogen (secondary N) is 3. The van der Waals surface area contributed by atoms with Gasteiger partial charge in [0, 0.05) is 18.3 Å². The van der Waals surface area contributed by atoms with Gasteiger partial charge in [-0.2, -0.15) is 9.41 Å². The van der Waals surface area contributed by atoms with Gasteiger partial charge in [0.05, 0.1) is 48.5 Å². The van der Waals surface area contributed by atoms with Gasteiger partial charge in [0.1, 0.15) is 11.5 Å². The predicted octanol–water partition coefficient (Wildman–Crippen LogP) is 4.24. The molecule has 0 radical (unpaired) electrons. The molecule has 0 saturated carbocycles. The number of ether oxygens (including phenoxy) is 2. The lowest BCUT2D eigenvalue weighted by atomic mass is 10.1. The molecule has 0 aliphatic carbocycles. The number of carbonyl (C=O) groups excluding carboxylic acids is 3. The molecule has 13 nitrogen and oxygen atoms in total. The van der Waals surface area contributed by atoms with Crippen molar-refractivity contribution in [2.75, 3.05) is 32.6 Å². The second kappa shape index (κ2) is 16.8. The molecule has 0 saturated heterocycles. The number of hydrogen-bond donors (Lipinski definition) is 3. The van der Waals surface area contributed by atoms with Gasteiger partial charge in [0.25, 0.3) is 5.91 Å². The maximum Gasteiger partial charge on any atom is 0.313 e. The molecule has 1 heterocycles. The molecule has 0 atom stereocenters. The van der Waals surface area contributed by atoms with Crippen molar-refractivity contribution >= 4 is 62.8 Å². The molecule has 16 heteroatoms. The van der Waals surface area contributed by atoms with E-state index < -0.39 is 34.3 Å². The smallest absolute Gasteiger partial charge is 0.313 e. The van der Waals surface area contributed by atoms with Gasteiger partial charge < -0.3 is 24.5 Å². The van der Waals surface area contributed by atoms with Crippen LogP contribution in [-0.4, -0.2) is 64.0 Å². The number of benzene rings is 3. The van der Waals surface area contributed by atoms with Crippen LogP contribution in [0.3, 0.4) is 0 Å². The highest BCUT2D eigenvalue weighted by atomic mass is 35.5. The molecule has 1 aromatic heterocycles. The lowest BCUT2D eigenvalue weighted by molar-refractivity contribution is -0.136. The first-order valence-corrected chi connectivity index (χ1v) is 16.4. The minimum Gasteiger partial charge on any atom is -0.493 e. The molecule has 0 spiro atoms. The molecule has 0 unspecified atom stereocenters. The Labute approximate surface area is 286 Å². The van der Waals surface area contributed by atoms with Crippen LogP contribution < -0.4 is 25.5 Å². The molecule has 0 bridgehead atoms. The van der Waals surface area contributed by atoms with Crippen LogP contribution in [0.1, 0.15) is 17.1 Å². The van der Waals surface area contributed by atoms with Crippen molar-refractivity contribution in [2.45, 2.75) is 17.9 Å². The van der Waals surface area contributed by atoms with Crippen molar-refractivity contribution < 1.29 is 36.7 Å². The summed E-state index contributed by atoms with van der Waals surface area (Å²) in [6.07, 6.45) is 1.56. The third-order valence-corrected chi connectivity index (χ3v) is 9.26. The van der Waals surface area contributed by atoms with Crippen LogP contribution in [0, 0.1) is 0 Å². The zero-order chi connectivity index (χ0) is 34.7. The Morgan fingerprint density at radius 3 is 2.35 bits per heavy atom. The van der Waals surface area contributed by atoms with E-state index in [9.17, 15) is 22.8 Å². The SMILES string of the molecule is COc1ccc(S(=O)(=O)N(CCc2ccccc2)CC(=O)N/N=C\c2ccc(CNC(=O)C(=O)Nc3ccc(Cl)c(Cl)c3)o2)cc1OC. The van der Waals surface area contributed by atoms with Crippen LogP contribution in [0.15, 0.2) is 93.3 Å². The number of methoxy groups -OCH3 is 2. The number of carbonyl (C=O) groups is 3. The van der Waals surface area contributed by atoms with Gasteiger partial charge in [-0.05, 0) is 54.4 Å². The molecule has 252 valence electrons. The summed E-state index contributed by atoms with van der Waals surface area (Å²) in [6.45, 7) is -0.630. The Bertz CT molecular complexity index is 1900. The van der Waals surface area contributed by atoms with E-state index >= 15 is 0 Å². The molecule has 0 fully saturated rings. The Hall–Kier alpha value is -4.89. The summed E-state index contributed by atoms with van der Waals surface area (Å²) in [6, 6.07) is 20.9. The van der Waals surface area contributed by atoms with Crippen molar-refractivity contribution in [1.29, 1.82) is 0 Å². The Morgan fingerprint density at radius 1 is 0.896 bits per heavy atom. The highest BCUT2D eigenvalue weighted by molar-refractivity contribution is 7.89. The average Bonchev–Trinajstić information content (AvgIpc) is 3.54. The predicted molar refractivity (Wildman–Crippen MR) is 180 cm³/mol. The molecule has 4 rings (SSSR count). The maximum absolute atomic E-state index is 13.7. The van der Waals surface area contributed by atoms with Gasteiger partial charge in [-0.1, -0.05) is 53.5 Å². The van der Waals surface area contributed by atoms with Crippen molar-refractivity contribution in [3.05, 3.63) is 106 Å². The van der Waals surface area contributed by atoms with Crippen molar-refractivity contribution in [3.8, 4) is 11.5 Å². The summed E-state index contributed by atoms with van der Waals surface area (Å²) in [4.78, 5) is 37.2. The fraction of sp³-hybridized carbons (Fsp3) is 0.188. The largest absolute Gasteiger partial charge is 0.493 e. The zero-order valence-electron chi connectivity index (χ0n) is 25.7. The molecule has 0 aliphatic rings. The van der Waals surface area contributed by atoms with E-state index in [0.29, 0.717) is 28.6 Å². The van der Waals surface area contributed by atoms with E-state index in [1.165, 1.54) is 62.9 Å². The number of anilines is 1. The third-order valence-electron chi connectivity index (χ3n) is 6.68. The standard InChI is InChI=1S/C32H31Cl2N5O8S/c1-45-28-13-11-25(17-29(28)46-2)48(43,44)39(15-14-21-6-4-3-5-7-21)20-30(40)38-36-19-24-10-9-23(47-24)18-35-31(41)32(42)37-22-8-12-26(33)27(34)16-22/h3-13,16-17,19H,14-15,18,20H2,1-2H3,(H,35,41)(H,37,42)(H,38,40)/b36-19-. The fourth-order valence-corrected chi connectivity index (χ4v) is 5.95. The Morgan fingerprint density at radius 2 is 1.65 bits per heavy atom. The quantitative estimate of drug-likeness (QED) is 0.0990. The minimum absolute atomic E-state index is 0.0105. The number of nitrogens with zero attached hydrogens (tertiary/aromatic N) is 2. The van der Waals surface area contributed by atoms with E-state index in [-0.39, 0.29) is 34.5 Å². The Balaban J connectivity index is 1.35. The Kier molecular flexibility index (Phi) is 12.6. The molecule has 3 amide bonds. The van der Waals surface area contributed by atoms with Crippen molar-refractivity contribution in [1.82, 2.24) is 15.0 Å². The molecule has 3 aromatic carbocycles. The van der Waals surface area contributed by atoms with Crippen molar-refractivity contribution in [3.63, 3.8) is 0 Å². The lowest BCUT2D eigenvalue weighted by Crippen LogP contribution is -2.40. The van der Waals surface area contributed by atoms with Gasteiger partial charge in [-0.25, -0.2) is 13.8 Å².